The maximum atomic E-state index is 11.8. The SMILES string of the molecule is Cc1cc(NC(=O)COc2nc[nH]c(=O)c2[N+](=O)[O-])ccc1Br. The molecule has 0 unspecified atom stereocenters. The number of rotatable bonds is 5. The molecule has 23 heavy (non-hydrogen) atoms. The fourth-order valence-electron chi connectivity index (χ4n) is 1.70. The summed E-state index contributed by atoms with van der Waals surface area (Å²) >= 11 is 3.34. The smallest absolute Gasteiger partial charge is 0.395 e. The van der Waals surface area contributed by atoms with Crippen molar-refractivity contribution in [1.29, 1.82) is 0 Å². The van der Waals surface area contributed by atoms with E-state index in [4.69, 9.17) is 4.74 Å². The standard InChI is InChI=1S/C13H11BrN4O5/c1-7-4-8(2-3-9(7)14)17-10(19)5-23-13-11(18(21)22)12(20)15-6-16-13/h2-4,6H,5H2,1H3,(H,17,19)(H,15,16,20). The normalized spacial score (nSPS) is 10.2. The number of nitro groups is 1. The molecule has 9 nitrogen and oxygen atoms in total. The second-order valence-electron chi connectivity index (χ2n) is 4.44. The molecule has 0 aliphatic carbocycles. The van der Waals surface area contributed by atoms with E-state index in [0.29, 0.717) is 5.69 Å². The fourth-order valence-corrected chi connectivity index (χ4v) is 1.94. The minimum atomic E-state index is -0.955. The van der Waals surface area contributed by atoms with Crippen LogP contribution in [0.3, 0.4) is 0 Å². The molecule has 1 amide bonds. The second-order valence-corrected chi connectivity index (χ2v) is 5.30. The molecule has 0 fully saturated rings. The van der Waals surface area contributed by atoms with Gasteiger partial charge in [-0.25, -0.2) is 0 Å². The Morgan fingerprint density at radius 2 is 2.26 bits per heavy atom. The Labute approximate surface area is 138 Å². The molecule has 0 saturated carbocycles. The Balaban J connectivity index is 2.05. The lowest BCUT2D eigenvalue weighted by atomic mass is 10.2. The van der Waals surface area contributed by atoms with E-state index >= 15 is 0 Å². The number of amides is 1. The first kappa shape index (κ1) is 16.6. The van der Waals surface area contributed by atoms with Gasteiger partial charge in [0, 0.05) is 10.2 Å². The van der Waals surface area contributed by atoms with E-state index in [-0.39, 0.29) is 0 Å². The van der Waals surface area contributed by atoms with Gasteiger partial charge in [-0.15, -0.1) is 0 Å². The Bertz CT molecular complexity index is 820. The first-order valence-electron chi connectivity index (χ1n) is 6.29. The van der Waals surface area contributed by atoms with Crippen molar-refractivity contribution in [2.75, 3.05) is 11.9 Å². The molecular weight excluding hydrogens is 372 g/mol. The van der Waals surface area contributed by atoms with Crippen molar-refractivity contribution in [2.45, 2.75) is 6.92 Å². The second kappa shape index (κ2) is 7.01. The Morgan fingerprint density at radius 1 is 1.52 bits per heavy atom. The third-order valence-corrected chi connectivity index (χ3v) is 3.65. The highest BCUT2D eigenvalue weighted by Crippen LogP contribution is 2.20. The number of carbonyl (C=O) groups excluding carboxylic acids is 1. The highest BCUT2D eigenvalue weighted by molar-refractivity contribution is 9.10. The highest BCUT2D eigenvalue weighted by Gasteiger charge is 2.22. The molecule has 0 atom stereocenters. The summed E-state index contributed by atoms with van der Waals surface area (Å²) in [5.74, 6) is -1.05. The van der Waals surface area contributed by atoms with Gasteiger partial charge in [-0.3, -0.25) is 19.7 Å². The topological polar surface area (TPSA) is 127 Å². The summed E-state index contributed by atoms with van der Waals surface area (Å²) in [4.78, 5) is 38.7. The van der Waals surface area contributed by atoms with Crippen molar-refractivity contribution in [3.05, 3.63) is 55.0 Å². The summed E-state index contributed by atoms with van der Waals surface area (Å²) in [6, 6.07) is 5.20. The number of ether oxygens (including phenoxy) is 1. The number of aromatic amines is 1. The molecule has 1 heterocycles. The molecule has 2 rings (SSSR count). The van der Waals surface area contributed by atoms with Gasteiger partial charge in [0.05, 0.1) is 11.3 Å². The van der Waals surface area contributed by atoms with Gasteiger partial charge in [-0.1, -0.05) is 15.9 Å². The number of anilines is 1. The van der Waals surface area contributed by atoms with Crippen LogP contribution in [0.4, 0.5) is 11.4 Å². The van der Waals surface area contributed by atoms with Gasteiger partial charge in [-0.2, -0.15) is 4.98 Å². The number of aromatic nitrogens is 2. The molecule has 0 spiro atoms. The molecule has 10 heteroatoms. The fraction of sp³-hybridized carbons (Fsp3) is 0.154. The number of carbonyl (C=O) groups is 1. The number of hydrogen-bond donors (Lipinski definition) is 2. The molecule has 2 aromatic rings. The van der Waals surface area contributed by atoms with Crippen LogP contribution in [-0.2, 0) is 4.79 Å². The maximum Gasteiger partial charge on any atom is 0.395 e. The summed E-state index contributed by atoms with van der Waals surface area (Å²) in [6.07, 6.45) is 0.959. The zero-order chi connectivity index (χ0) is 17.0. The molecular formula is C13H11BrN4O5. The molecule has 2 N–H and O–H groups in total. The van der Waals surface area contributed by atoms with Crippen molar-refractivity contribution in [1.82, 2.24) is 9.97 Å². The molecule has 0 aliphatic heterocycles. The Kier molecular flexibility index (Phi) is 5.06. The van der Waals surface area contributed by atoms with Crippen LogP contribution in [0.1, 0.15) is 5.56 Å². The lowest BCUT2D eigenvalue weighted by Crippen LogP contribution is -2.22. The van der Waals surface area contributed by atoms with Gasteiger partial charge < -0.3 is 15.0 Å². The van der Waals surface area contributed by atoms with Gasteiger partial charge in [0.2, 0.25) is 0 Å². The number of nitrogens with one attached hydrogen (secondary N) is 2. The van der Waals surface area contributed by atoms with Crippen LogP contribution in [0.25, 0.3) is 0 Å². The summed E-state index contributed by atoms with van der Waals surface area (Å²) in [5.41, 5.74) is -0.327. The van der Waals surface area contributed by atoms with E-state index in [1.165, 1.54) is 0 Å². The highest BCUT2D eigenvalue weighted by atomic mass is 79.9. The molecule has 0 saturated heterocycles. The number of nitrogens with zero attached hydrogens (tertiary/aromatic N) is 2. The molecule has 0 bridgehead atoms. The first-order chi connectivity index (χ1) is 10.9. The number of aryl methyl sites for hydroxylation is 1. The quantitative estimate of drug-likeness (QED) is 0.598. The van der Waals surface area contributed by atoms with Crippen LogP contribution < -0.4 is 15.6 Å². The number of H-pyrrole nitrogens is 1. The van der Waals surface area contributed by atoms with Crippen molar-refractivity contribution in [3.63, 3.8) is 0 Å². The van der Waals surface area contributed by atoms with Crippen molar-refractivity contribution >= 4 is 33.2 Å². The van der Waals surface area contributed by atoms with Crippen molar-refractivity contribution in [3.8, 4) is 5.88 Å². The van der Waals surface area contributed by atoms with E-state index in [2.05, 4.69) is 31.2 Å². The van der Waals surface area contributed by atoms with E-state index in [1.807, 2.05) is 6.92 Å². The molecule has 1 aromatic carbocycles. The third-order valence-electron chi connectivity index (χ3n) is 2.76. The van der Waals surface area contributed by atoms with Crippen LogP contribution in [0, 0.1) is 17.0 Å². The minimum absolute atomic E-state index is 0.513. The van der Waals surface area contributed by atoms with E-state index in [1.54, 1.807) is 18.2 Å². The average molecular weight is 383 g/mol. The number of benzene rings is 1. The number of halogens is 1. The monoisotopic (exact) mass is 382 g/mol. The Morgan fingerprint density at radius 3 is 2.91 bits per heavy atom. The molecule has 0 radical (unpaired) electrons. The molecule has 0 aliphatic rings. The van der Waals surface area contributed by atoms with E-state index in [9.17, 15) is 19.7 Å². The largest absolute Gasteiger partial charge is 0.462 e. The first-order valence-corrected chi connectivity index (χ1v) is 7.08. The minimum Gasteiger partial charge on any atom is -0.462 e. The van der Waals surface area contributed by atoms with E-state index < -0.39 is 34.6 Å². The van der Waals surface area contributed by atoms with Gasteiger partial charge in [-0.05, 0) is 30.7 Å². The lowest BCUT2D eigenvalue weighted by molar-refractivity contribution is -0.387. The van der Waals surface area contributed by atoms with Crippen LogP contribution in [0.15, 0.2) is 33.8 Å². The third kappa shape index (κ3) is 4.13. The average Bonchev–Trinajstić information content (AvgIpc) is 2.48. The van der Waals surface area contributed by atoms with Gasteiger partial charge in [0.15, 0.2) is 6.61 Å². The summed E-state index contributed by atoms with van der Waals surface area (Å²) in [7, 11) is 0. The van der Waals surface area contributed by atoms with Gasteiger partial charge in [0.1, 0.15) is 0 Å². The van der Waals surface area contributed by atoms with E-state index in [0.717, 1.165) is 16.4 Å². The summed E-state index contributed by atoms with van der Waals surface area (Å²) in [6.45, 7) is 1.34. The van der Waals surface area contributed by atoms with Crippen molar-refractivity contribution in [2.24, 2.45) is 0 Å². The van der Waals surface area contributed by atoms with Gasteiger partial charge >= 0.3 is 17.1 Å². The van der Waals surface area contributed by atoms with Crippen molar-refractivity contribution < 1.29 is 14.5 Å². The molecule has 1 aromatic heterocycles. The lowest BCUT2D eigenvalue weighted by Gasteiger charge is -2.08. The maximum absolute atomic E-state index is 11.8. The van der Waals surface area contributed by atoms with Gasteiger partial charge in [0.25, 0.3) is 5.91 Å². The van der Waals surface area contributed by atoms with Crippen LogP contribution >= 0.6 is 15.9 Å². The zero-order valence-corrected chi connectivity index (χ0v) is 13.4. The number of hydrogen-bond acceptors (Lipinski definition) is 6. The Hall–Kier alpha value is -2.75. The van der Waals surface area contributed by atoms with Crippen LogP contribution in [0.5, 0.6) is 5.88 Å². The predicted octanol–water partition coefficient (Wildman–Crippen LogP) is 1.77. The summed E-state index contributed by atoms with van der Waals surface area (Å²) in [5, 5.41) is 13.4. The van der Waals surface area contributed by atoms with Crippen LogP contribution in [0.2, 0.25) is 0 Å². The predicted molar refractivity (Wildman–Crippen MR) is 84.5 cm³/mol. The molecule has 120 valence electrons. The summed E-state index contributed by atoms with van der Waals surface area (Å²) < 4.78 is 5.87. The zero-order valence-electron chi connectivity index (χ0n) is 11.8. The van der Waals surface area contributed by atoms with Crippen LogP contribution in [-0.4, -0.2) is 27.4 Å².